The molecular formula is C18H24O2. The van der Waals surface area contributed by atoms with Crippen molar-refractivity contribution < 1.29 is 9.90 Å². The smallest absolute Gasteiger partial charge is 0.163 e. The van der Waals surface area contributed by atoms with Gasteiger partial charge in [-0.2, -0.15) is 0 Å². The van der Waals surface area contributed by atoms with Crippen molar-refractivity contribution in [1.29, 1.82) is 0 Å². The Morgan fingerprint density at radius 1 is 1.30 bits per heavy atom. The van der Waals surface area contributed by atoms with E-state index >= 15 is 0 Å². The van der Waals surface area contributed by atoms with Gasteiger partial charge in [0, 0.05) is 11.0 Å². The van der Waals surface area contributed by atoms with E-state index in [1.807, 2.05) is 33.8 Å². The topological polar surface area (TPSA) is 37.3 Å². The van der Waals surface area contributed by atoms with Gasteiger partial charge in [-0.15, -0.1) is 6.58 Å². The fraction of sp³-hybridized carbons (Fsp3) is 0.389. The van der Waals surface area contributed by atoms with Crippen LogP contribution in [0.5, 0.6) is 5.75 Å². The van der Waals surface area contributed by atoms with E-state index < -0.39 is 0 Å². The van der Waals surface area contributed by atoms with Crippen LogP contribution in [0.25, 0.3) is 0 Å². The van der Waals surface area contributed by atoms with Crippen molar-refractivity contribution in [3.8, 4) is 5.75 Å². The number of hydrogen-bond donors (Lipinski definition) is 1. The molecule has 0 atom stereocenters. The lowest BCUT2D eigenvalue weighted by Gasteiger charge is -2.23. The number of carbonyl (C=O) groups is 1. The molecule has 0 spiro atoms. The fourth-order valence-electron chi connectivity index (χ4n) is 2.00. The van der Waals surface area contributed by atoms with Gasteiger partial charge in [0.05, 0.1) is 5.56 Å². The molecule has 1 aromatic carbocycles. The zero-order valence-electron chi connectivity index (χ0n) is 13.1. The van der Waals surface area contributed by atoms with Crippen LogP contribution in [0.4, 0.5) is 0 Å². The van der Waals surface area contributed by atoms with Gasteiger partial charge in [-0.25, -0.2) is 0 Å². The van der Waals surface area contributed by atoms with E-state index in [0.29, 0.717) is 5.56 Å². The average Bonchev–Trinajstić information content (AvgIpc) is 2.36. The van der Waals surface area contributed by atoms with Crippen LogP contribution in [0, 0.1) is 0 Å². The van der Waals surface area contributed by atoms with Gasteiger partial charge in [0.25, 0.3) is 0 Å². The van der Waals surface area contributed by atoms with Crippen molar-refractivity contribution in [1.82, 2.24) is 0 Å². The summed E-state index contributed by atoms with van der Waals surface area (Å²) in [6, 6.07) is 3.74. The molecule has 0 saturated heterocycles. The summed E-state index contributed by atoms with van der Waals surface area (Å²) < 4.78 is 0. The molecule has 1 N–H and O–H groups in total. The summed E-state index contributed by atoms with van der Waals surface area (Å²) in [4.78, 5) is 11.7. The number of phenolic OH excluding ortho intramolecular Hbond substituents is 1. The van der Waals surface area contributed by atoms with Crippen LogP contribution in [0.15, 0.2) is 36.4 Å². The van der Waals surface area contributed by atoms with Gasteiger partial charge in [-0.05, 0) is 38.8 Å². The SMILES string of the molecule is C=CC(C)(C)c1cc(CC=C(C)C)cc(C(C)=O)c1O. The monoisotopic (exact) mass is 272 g/mol. The normalized spacial score (nSPS) is 11.1. The van der Waals surface area contributed by atoms with Gasteiger partial charge < -0.3 is 5.11 Å². The largest absolute Gasteiger partial charge is 0.507 e. The van der Waals surface area contributed by atoms with Crippen molar-refractivity contribution in [3.05, 3.63) is 53.1 Å². The number of aromatic hydroxyl groups is 1. The average molecular weight is 272 g/mol. The molecule has 20 heavy (non-hydrogen) atoms. The summed E-state index contributed by atoms with van der Waals surface area (Å²) >= 11 is 0. The second-order valence-corrected chi connectivity index (χ2v) is 6.01. The first-order valence-electron chi connectivity index (χ1n) is 6.83. The van der Waals surface area contributed by atoms with Crippen molar-refractivity contribution in [2.24, 2.45) is 0 Å². The molecule has 0 bridgehead atoms. The zero-order chi connectivity index (χ0) is 15.5. The zero-order valence-corrected chi connectivity index (χ0v) is 13.1. The van der Waals surface area contributed by atoms with E-state index in [2.05, 4.69) is 12.7 Å². The van der Waals surface area contributed by atoms with Gasteiger partial charge in [0.15, 0.2) is 5.78 Å². The van der Waals surface area contributed by atoms with Crippen molar-refractivity contribution in [2.45, 2.75) is 46.5 Å². The van der Waals surface area contributed by atoms with Gasteiger partial charge in [-0.1, -0.05) is 37.6 Å². The molecule has 0 fully saturated rings. The Morgan fingerprint density at radius 2 is 1.90 bits per heavy atom. The third-order valence-corrected chi connectivity index (χ3v) is 3.50. The molecule has 1 rings (SSSR count). The lowest BCUT2D eigenvalue weighted by Crippen LogP contribution is -2.15. The number of carbonyl (C=O) groups excluding carboxylic acids is 1. The Hall–Kier alpha value is -1.83. The molecule has 0 heterocycles. The van der Waals surface area contributed by atoms with Gasteiger partial charge in [0.2, 0.25) is 0 Å². The summed E-state index contributed by atoms with van der Waals surface area (Å²) in [6.45, 7) is 13.3. The Labute approximate surface area is 121 Å². The highest BCUT2D eigenvalue weighted by Crippen LogP contribution is 2.36. The van der Waals surface area contributed by atoms with Crippen LogP contribution in [-0.4, -0.2) is 10.9 Å². The first-order valence-corrected chi connectivity index (χ1v) is 6.83. The Bertz CT molecular complexity index is 559. The number of rotatable bonds is 5. The molecular weight excluding hydrogens is 248 g/mol. The Kier molecular flexibility index (Phi) is 4.93. The van der Waals surface area contributed by atoms with Crippen molar-refractivity contribution >= 4 is 5.78 Å². The lowest BCUT2D eigenvalue weighted by atomic mass is 9.81. The highest BCUT2D eigenvalue weighted by Gasteiger charge is 2.24. The summed E-state index contributed by atoms with van der Waals surface area (Å²) in [5.41, 5.74) is 3.01. The first-order chi connectivity index (χ1) is 9.19. The van der Waals surface area contributed by atoms with E-state index in [9.17, 15) is 9.90 Å². The first kappa shape index (κ1) is 16.2. The van der Waals surface area contributed by atoms with Gasteiger partial charge in [0.1, 0.15) is 5.75 Å². The minimum atomic E-state index is -0.380. The molecule has 0 unspecified atom stereocenters. The van der Waals surface area contributed by atoms with E-state index in [1.165, 1.54) is 12.5 Å². The molecule has 0 aliphatic heterocycles. The molecule has 0 aliphatic carbocycles. The van der Waals surface area contributed by atoms with Crippen LogP contribution in [0.3, 0.4) is 0 Å². The maximum atomic E-state index is 11.7. The molecule has 0 aromatic heterocycles. The van der Waals surface area contributed by atoms with Crippen LogP contribution < -0.4 is 0 Å². The quantitative estimate of drug-likeness (QED) is 0.630. The Morgan fingerprint density at radius 3 is 2.35 bits per heavy atom. The molecule has 0 aliphatic rings. The van der Waals surface area contributed by atoms with Crippen LogP contribution in [0.2, 0.25) is 0 Å². The van der Waals surface area contributed by atoms with Crippen LogP contribution >= 0.6 is 0 Å². The van der Waals surface area contributed by atoms with E-state index in [-0.39, 0.29) is 16.9 Å². The number of hydrogen-bond acceptors (Lipinski definition) is 2. The van der Waals surface area contributed by atoms with Gasteiger partial charge in [-0.3, -0.25) is 4.79 Å². The maximum Gasteiger partial charge on any atom is 0.163 e. The number of ketones is 1. The lowest BCUT2D eigenvalue weighted by molar-refractivity contribution is 0.101. The van der Waals surface area contributed by atoms with E-state index in [1.54, 1.807) is 12.1 Å². The third kappa shape index (κ3) is 3.60. The highest BCUT2D eigenvalue weighted by atomic mass is 16.3. The number of allylic oxidation sites excluding steroid dienone is 3. The fourth-order valence-corrected chi connectivity index (χ4v) is 2.00. The molecule has 0 saturated carbocycles. The van der Waals surface area contributed by atoms with Crippen molar-refractivity contribution in [3.63, 3.8) is 0 Å². The number of Topliss-reactive ketones (excluding diaryl/α,β-unsaturated/α-hetero) is 1. The summed E-state index contributed by atoms with van der Waals surface area (Å²) in [7, 11) is 0. The second kappa shape index (κ2) is 6.08. The molecule has 2 nitrogen and oxygen atoms in total. The molecule has 0 radical (unpaired) electrons. The summed E-state index contributed by atoms with van der Waals surface area (Å²) in [5, 5.41) is 10.3. The second-order valence-electron chi connectivity index (χ2n) is 6.01. The molecule has 2 heteroatoms. The minimum absolute atomic E-state index is 0.0725. The molecule has 0 amide bonds. The summed E-state index contributed by atoms with van der Waals surface area (Å²) in [6.07, 6.45) is 4.65. The van der Waals surface area contributed by atoms with Crippen molar-refractivity contribution in [2.75, 3.05) is 0 Å². The minimum Gasteiger partial charge on any atom is -0.507 e. The van der Waals surface area contributed by atoms with Crippen LogP contribution in [0.1, 0.15) is 56.1 Å². The van der Waals surface area contributed by atoms with Crippen LogP contribution in [-0.2, 0) is 11.8 Å². The summed E-state index contributed by atoms with van der Waals surface area (Å²) in [5.74, 6) is -0.0500. The standard InChI is InChI=1S/C18H24O2/c1-7-18(5,6)16-11-14(9-8-12(2)3)10-15(13(4)19)17(16)20/h7-8,10-11,20H,1,9H2,2-6H3. The molecule has 108 valence electrons. The van der Waals surface area contributed by atoms with E-state index in [0.717, 1.165) is 17.5 Å². The highest BCUT2D eigenvalue weighted by molar-refractivity contribution is 5.97. The maximum absolute atomic E-state index is 11.7. The number of benzene rings is 1. The predicted octanol–water partition coefficient (Wildman–Crippen LogP) is 4.57. The predicted molar refractivity (Wildman–Crippen MR) is 84.5 cm³/mol. The Balaban J connectivity index is 3.47. The number of phenols is 1. The van der Waals surface area contributed by atoms with Gasteiger partial charge >= 0.3 is 0 Å². The van der Waals surface area contributed by atoms with E-state index in [4.69, 9.17) is 0 Å². The third-order valence-electron chi connectivity index (χ3n) is 3.50. The molecule has 1 aromatic rings.